The molecule has 0 N–H and O–H groups in total. The molecule has 0 saturated carbocycles. The second-order valence-corrected chi connectivity index (χ2v) is 10.6. The van der Waals surface area contributed by atoms with E-state index >= 15 is 0 Å². The van der Waals surface area contributed by atoms with Crippen molar-refractivity contribution in [2.45, 2.75) is 27.7 Å². The Morgan fingerprint density at radius 3 is 1.02 bits per heavy atom. The van der Waals surface area contributed by atoms with E-state index < -0.39 is 47.3 Å². The average molecular weight is 623 g/mol. The second kappa shape index (κ2) is 14.7. The predicted molar refractivity (Wildman–Crippen MR) is 164 cm³/mol. The fraction of sp³-hybridized carbons (Fsp3) is 0.167. The van der Waals surface area contributed by atoms with E-state index in [0.29, 0.717) is 0 Å². The van der Waals surface area contributed by atoms with Crippen molar-refractivity contribution in [3.05, 3.63) is 130 Å². The van der Waals surface area contributed by atoms with E-state index in [-0.39, 0.29) is 44.9 Å². The third kappa shape index (κ3) is 7.59. The minimum absolute atomic E-state index is 0.0163. The van der Waals surface area contributed by atoms with Gasteiger partial charge >= 0.3 is 23.9 Å². The highest BCUT2D eigenvalue weighted by Crippen LogP contribution is 2.26. The highest BCUT2D eigenvalue weighted by atomic mass is 17.2. The van der Waals surface area contributed by atoms with Crippen molar-refractivity contribution < 1.29 is 48.0 Å². The molecule has 0 fully saturated rings. The van der Waals surface area contributed by atoms with Crippen molar-refractivity contribution >= 4 is 35.4 Å². The molecule has 46 heavy (non-hydrogen) atoms. The van der Waals surface area contributed by atoms with Gasteiger partial charge in [0.05, 0.1) is 34.1 Å². The summed E-state index contributed by atoms with van der Waals surface area (Å²) in [7, 11) is 0. The first kappa shape index (κ1) is 33.0. The lowest BCUT2D eigenvalue weighted by Crippen LogP contribution is -2.19. The molecule has 0 spiro atoms. The van der Waals surface area contributed by atoms with Crippen LogP contribution in [0.15, 0.2) is 97.1 Å². The van der Waals surface area contributed by atoms with Crippen LogP contribution in [0.1, 0.15) is 80.3 Å². The van der Waals surface area contributed by atoms with Gasteiger partial charge < -0.3 is 9.47 Å². The first-order chi connectivity index (χ1) is 22.0. The van der Waals surface area contributed by atoms with E-state index in [9.17, 15) is 28.8 Å². The van der Waals surface area contributed by atoms with Crippen molar-refractivity contribution in [1.29, 1.82) is 0 Å². The topological polar surface area (TPSA) is 139 Å². The van der Waals surface area contributed by atoms with Gasteiger partial charge in [-0.2, -0.15) is 0 Å². The summed E-state index contributed by atoms with van der Waals surface area (Å²) < 4.78 is 10.8. The van der Waals surface area contributed by atoms with Crippen molar-refractivity contribution in [2.24, 2.45) is 11.8 Å². The zero-order chi connectivity index (χ0) is 33.4. The van der Waals surface area contributed by atoms with E-state index in [1.165, 1.54) is 72.8 Å². The molecule has 10 heteroatoms. The molecule has 4 aromatic carbocycles. The molecular weight excluding hydrogens is 592 g/mol. The average Bonchev–Trinajstić information content (AvgIpc) is 3.06. The van der Waals surface area contributed by atoms with Gasteiger partial charge in [-0.3, -0.25) is 19.2 Å². The summed E-state index contributed by atoms with van der Waals surface area (Å²) in [6.07, 6.45) is 0. The van der Waals surface area contributed by atoms with E-state index in [1.807, 2.05) is 0 Å². The van der Waals surface area contributed by atoms with Crippen LogP contribution in [0.2, 0.25) is 0 Å². The van der Waals surface area contributed by atoms with Crippen LogP contribution >= 0.6 is 0 Å². The Bertz CT molecular complexity index is 1690. The summed E-state index contributed by atoms with van der Waals surface area (Å²) in [6.45, 7) is 6.60. The van der Waals surface area contributed by atoms with Gasteiger partial charge in [-0.05, 0) is 36.4 Å². The van der Waals surface area contributed by atoms with E-state index in [0.717, 1.165) is 0 Å². The Balaban J connectivity index is 1.55. The number of ketones is 2. The number of hydrogen-bond donors (Lipinski definition) is 0. The lowest BCUT2D eigenvalue weighted by molar-refractivity contribution is -0.187. The number of ether oxygens (including phenoxy) is 2. The lowest BCUT2D eigenvalue weighted by Gasteiger charge is -2.13. The van der Waals surface area contributed by atoms with Gasteiger partial charge in [0.1, 0.15) is 11.5 Å². The van der Waals surface area contributed by atoms with Gasteiger partial charge in [-0.15, -0.1) is 0 Å². The van der Waals surface area contributed by atoms with Crippen LogP contribution in [-0.2, 0) is 19.4 Å². The Kier molecular flexibility index (Phi) is 10.6. The van der Waals surface area contributed by atoms with Crippen LogP contribution in [-0.4, -0.2) is 35.4 Å². The first-order valence-electron chi connectivity index (χ1n) is 14.3. The fourth-order valence-electron chi connectivity index (χ4n) is 4.11. The normalized spacial score (nSPS) is 10.7. The second-order valence-electron chi connectivity index (χ2n) is 10.6. The third-order valence-corrected chi connectivity index (χ3v) is 6.60. The molecular formula is C36H30O10. The van der Waals surface area contributed by atoms with Crippen LogP contribution < -0.4 is 9.47 Å². The van der Waals surface area contributed by atoms with Crippen LogP contribution in [0.4, 0.5) is 0 Å². The van der Waals surface area contributed by atoms with Gasteiger partial charge in [-0.25, -0.2) is 19.4 Å². The smallest absolute Gasteiger partial charge is 0.387 e. The molecule has 0 unspecified atom stereocenters. The summed E-state index contributed by atoms with van der Waals surface area (Å²) in [4.78, 5) is 87.2. The van der Waals surface area contributed by atoms with Crippen LogP contribution in [0, 0.1) is 11.8 Å². The molecule has 234 valence electrons. The highest BCUT2D eigenvalue weighted by molar-refractivity contribution is 6.17. The molecule has 0 radical (unpaired) electrons. The Morgan fingerprint density at radius 2 is 0.696 bits per heavy atom. The van der Waals surface area contributed by atoms with Gasteiger partial charge in [-0.1, -0.05) is 88.4 Å². The SMILES string of the molecule is CC(C)C(=O)Oc1ccccc1C(=O)c1ccccc1C(=O)OOC(=O)c1ccccc1C(=O)c1ccccc1OC(=O)C(C)C. The molecule has 4 aromatic rings. The minimum atomic E-state index is -1.16. The summed E-state index contributed by atoms with van der Waals surface area (Å²) in [5.41, 5.74) is -0.591. The number of para-hydroxylation sites is 2. The molecule has 0 aromatic heterocycles. The first-order valence-corrected chi connectivity index (χ1v) is 14.3. The zero-order valence-electron chi connectivity index (χ0n) is 25.5. The van der Waals surface area contributed by atoms with Crippen LogP contribution in [0.25, 0.3) is 0 Å². The number of esters is 2. The molecule has 0 heterocycles. The molecule has 0 aliphatic carbocycles. The molecule has 0 aliphatic heterocycles. The third-order valence-electron chi connectivity index (χ3n) is 6.60. The van der Waals surface area contributed by atoms with Gasteiger partial charge in [0.25, 0.3) is 0 Å². The van der Waals surface area contributed by atoms with Crippen molar-refractivity contribution in [3.8, 4) is 11.5 Å². The molecule has 0 amide bonds. The van der Waals surface area contributed by atoms with Crippen molar-refractivity contribution in [3.63, 3.8) is 0 Å². The molecule has 0 aliphatic rings. The minimum Gasteiger partial charge on any atom is -0.426 e. The van der Waals surface area contributed by atoms with Crippen LogP contribution in [0.3, 0.4) is 0 Å². The number of benzene rings is 4. The van der Waals surface area contributed by atoms with E-state index in [2.05, 4.69) is 0 Å². The van der Waals surface area contributed by atoms with Gasteiger partial charge in [0, 0.05) is 11.1 Å². The zero-order valence-corrected chi connectivity index (χ0v) is 25.5. The monoisotopic (exact) mass is 622 g/mol. The van der Waals surface area contributed by atoms with Gasteiger partial charge in [0.2, 0.25) is 0 Å². The molecule has 10 nitrogen and oxygen atoms in total. The fourth-order valence-corrected chi connectivity index (χ4v) is 4.11. The summed E-state index contributed by atoms with van der Waals surface area (Å²) in [5.74, 6) is -5.55. The number of carbonyl (C=O) groups is 6. The summed E-state index contributed by atoms with van der Waals surface area (Å²) in [5, 5.41) is 0. The molecule has 0 bridgehead atoms. The highest BCUT2D eigenvalue weighted by Gasteiger charge is 2.27. The number of carbonyl (C=O) groups excluding carboxylic acids is 6. The maximum atomic E-state index is 13.5. The maximum Gasteiger partial charge on any atom is 0.387 e. The standard InChI is InChI=1S/C36H30O10/c1-21(2)33(39)43-29-19-11-9-17-27(29)31(37)23-13-5-7-15-25(23)35(41)45-46-36(42)26-16-8-6-14-24(26)32(38)28-18-10-12-20-30(28)44-34(40)22(3)4/h5-22H,1-4H3. The Labute approximate surface area is 264 Å². The molecule has 0 atom stereocenters. The lowest BCUT2D eigenvalue weighted by atomic mass is 9.97. The Hall–Kier alpha value is -5.90. The Morgan fingerprint density at radius 1 is 0.413 bits per heavy atom. The molecule has 4 rings (SSSR count). The predicted octanol–water partition coefficient (Wildman–Crippen LogP) is 6.20. The number of rotatable bonds is 10. The quantitative estimate of drug-likeness (QED) is 0.0660. The van der Waals surface area contributed by atoms with Crippen molar-refractivity contribution in [2.75, 3.05) is 0 Å². The number of hydrogen-bond acceptors (Lipinski definition) is 10. The van der Waals surface area contributed by atoms with Gasteiger partial charge in [0.15, 0.2) is 11.6 Å². The largest absolute Gasteiger partial charge is 0.426 e. The summed E-state index contributed by atoms with van der Waals surface area (Å²) >= 11 is 0. The van der Waals surface area contributed by atoms with E-state index in [1.54, 1.807) is 52.0 Å². The van der Waals surface area contributed by atoms with E-state index in [4.69, 9.17) is 19.2 Å². The van der Waals surface area contributed by atoms with Crippen molar-refractivity contribution in [1.82, 2.24) is 0 Å². The van der Waals surface area contributed by atoms with Crippen LogP contribution in [0.5, 0.6) is 11.5 Å². The maximum absolute atomic E-state index is 13.5. The molecule has 0 saturated heterocycles. The summed E-state index contributed by atoms with van der Waals surface area (Å²) in [6, 6.07) is 23.5.